The molecular weight excluding hydrogens is 609 g/mol. The van der Waals surface area contributed by atoms with Crippen LogP contribution in [0.2, 0.25) is 0 Å². The van der Waals surface area contributed by atoms with E-state index in [1.165, 1.54) is 0 Å². The molecule has 0 aliphatic carbocycles. The summed E-state index contributed by atoms with van der Waals surface area (Å²) >= 11 is 0. The van der Waals surface area contributed by atoms with Crippen LogP contribution in [0.25, 0.3) is 0 Å². The molecule has 0 aliphatic rings. The van der Waals surface area contributed by atoms with Gasteiger partial charge in [-0.25, -0.2) is 0 Å². The van der Waals surface area contributed by atoms with Gasteiger partial charge in [0.25, 0.3) is 0 Å². The molecule has 0 atom stereocenters. The summed E-state index contributed by atoms with van der Waals surface area (Å²) in [5.74, 6) is 26.1. The maximum atomic E-state index is 9.03. The third-order valence-corrected chi connectivity index (χ3v) is 7.47. The lowest BCUT2D eigenvalue weighted by Crippen LogP contribution is -1.93. The molecular formula is C46H26N4. The largest absolute Gasteiger partial charge is 0.198 e. The van der Waals surface area contributed by atoms with Gasteiger partial charge < -0.3 is 0 Å². The zero-order chi connectivity index (χ0) is 35.0. The maximum absolute atomic E-state index is 9.03. The van der Waals surface area contributed by atoms with Gasteiger partial charge in [-0.15, -0.1) is 0 Å². The van der Waals surface area contributed by atoms with Gasteiger partial charge in [-0.05, 0) is 82.9 Å². The minimum atomic E-state index is 0.334. The Morgan fingerprint density at radius 2 is 0.480 bits per heavy atom. The van der Waals surface area contributed by atoms with Gasteiger partial charge in [-0.3, -0.25) is 0 Å². The molecule has 0 aromatic heterocycles. The highest BCUT2D eigenvalue weighted by Gasteiger charge is 2.07. The Morgan fingerprint density at radius 3 is 0.660 bits per heavy atom. The molecule has 50 heavy (non-hydrogen) atoms. The molecule has 0 fully saturated rings. The first-order valence-corrected chi connectivity index (χ1v) is 15.7. The summed E-state index contributed by atoms with van der Waals surface area (Å²) in [6.45, 7) is 0. The van der Waals surface area contributed by atoms with Crippen molar-refractivity contribution in [1.82, 2.24) is 0 Å². The van der Waals surface area contributed by atoms with E-state index in [1.807, 2.05) is 109 Å². The second-order valence-corrected chi connectivity index (χ2v) is 11.1. The zero-order valence-electron chi connectivity index (χ0n) is 27.0. The van der Waals surface area contributed by atoms with Gasteiger partial charge in [0.2, 0.25) is 0 Å². The summed E-state index contributed by atoms with van der Waals surface area (Å²) < 4.78 is 0. The molecule has 0 bridgehead atoms. The quantitative estimate of drug-likeness (QED) is 0.191. The van der Waals surface area contributed by atoms with E-state index in [0.717, 1.165) is 44.5 Å². The highest BCUT2D eigenvalue weighted by Crippen LogP contribution is 2.18. The van der Waals surface area contributed by atoms with E-state index in [-0.39, 0.29) is 0 Å². The van der Waals surface area contributed by atoms with Crippen LogP contribution in [0.15, 0.2) is 109 Å². The summed E-state index contributed by atoms with van der Waals surface area (Å²) in [6.07, 6.45) is 1.34. The van der Waals surface area contributed by atoms with Crippen LogP contribution in [0.1, 0.15) is 66.8 Å². The molecule has 5 aromatic carbocycles. The molecule has 4 heteroatoms. The lowest BCUT2D eigenvalue weighted by Gasteiger charge is -2.04. The van der Waals surface area contributed by atoms with Crippen molar-refractivity contribution < 1.29 is 0 Å². The van der Waals surface area contributed by atoms with Gasteiger partial charge in [0.05, 0.1) is 50.0 Å². The van der Waals surface area contributed by atoms with Crippen molar-refractivity contribution in [2.24, 2.45) is 0 Å². The maximum Gasteiger partial charge on any atom is 0.0669 e. The average molecular weight is 635 g/mol. The Morgan fingerprint density at radius 1 is 0.280 bits per heavy atom. The van der Waals surface area contributed by atoms with Crippen LogP contribution >= 0.6 is 0 Å². The first kappa shape index (κ1) is 33.7. The molecule has 0 saturated carbocycles. The monoisotopic (exact) mass is 634 g/mol. The Bertz CT molecular complexity index is 2090. The number of nitrogens with zero attached hydrogens (tertiary/aromatic N) is 4. The van der Waals surface area contributed by atoms with E-state index in [0.29, 0.717) is 47.9 Å². The molecule has 0 saturated heterocycles. The van der Waals surface area contributed by atoms with E-state index in [1.54, 1.807) is 0 Å². The van der Waals surface area contributed by atoms with E-state index in [9.17, 15) is 0 Å². The molecule has 230 valence electrons. The van der Waals surface area contributed by atoms with Crippen molar-refractivity contribution in [3.05, 3.63) is 176 Å². The minimum absolute atomic E-state index is 0.334. The Labute approximate surface area is 293 Å². The van der Waals surface area contributed by atoms with Crippen LogP contribution in [0.4, 0.5) is 0 Å². The first-order chi connectivity index (χ1) is 24.6. The second kappa shape index (κ2) is 17.3. The second-order valence-electron chi connectivity index (χ2n) is 11.1. The fourth-order valence-corrected chi connectivity index (χ4v) is 4.76. The molecule has 0 amide bonds. The van der Waals surface area contributed by atoms with E-state index >= 15 is 0 Å². The van der Waals surface area contributed by atoms with Crippen LogP contribution < -0.4 is 0 Å². The third-order valence-electron chi connectivity index (χ3n) is 7.47. The Kier molecular flexibility index (Phi) is 11.6. The zero-order valence-corrected chi connectivity index (χ0v) is 27.0. The van der Waals surface area contributed by atoms with Crippen LogP contribution in [0.5, 0.6) is 0 Å². The van der Waals surface area contributed by atoms with Crippen molar-refractivity contribution in [1.29, 1.82) is 21.0 Å². The van der Waals surface area contributed by atoms with Gasteiger partial charge in [-0.2, -0.15) is 21.0 Å². The summed E-state index contributed by atoms with van der Waals surface area (Å²) in [6, 6.07) is 42.8. The smallest absolute Gasteiger partial charge is 0.0669 e. The number of nitriles is 4. The normalized spacial score (nSPS) is 9.20. The summed E-state index contributed by atoms with van der Waals surface area (Å²) in [5.41, 5.74) is 9.61. The topological polar surface area (TPSA) is 95.2 Å². The molecule has 0 spiro atoms. The van der Waals surface area contributed by atoms with Gasteiger partial charge in [0.15, 0.2) is 0 Å². The third kappa shape index (κ3) is 9.65. The Hall–Kier alpha value is -7.70. The standard InChI is InChI=1S/C46H26N4/c47-29-25-39-9-1-35(2-10-39)17-21-43-33-45(23-19-37-5-13-41(14-6-37)27-31-49)46(24-20-38-7-15-42(16-8-38)28-32-50)34-44(43)22-18-36-3-11-40(12-4-36)26-30-48/h1-16,33-34H,25-28H2. The van der Waals surface area contributed by atoms with Crippen molar-refractivity contribution in [2.75, 3.05) is 0 Å². The molecule has 0 aliphatic heterocycles. The number of benzene rings is 5. The average Bonchev–Trinajstić information content (AvgIpc) is 3.14. The molecule has 5 aromatic rings. The fourth-order valence-electron chi connectivity index (χ4n) is 4.76. The Balaban J connectivity index is 1.63. The molecule has 5 rings (SSSR count). The predicted octanol–water partition coefficient (Wildman–Crippen LogP) is 7.55. The van der Waals surface area contributed by atoms with Gasteiger partial charge in [0.1, 0.15) is 0 Å². The summed E-state index contributed by atoms with van der Waals surface area (Å²) in [5, 5.41) is 36.1. The van der Waals surface area contributed by atoms with Crippen molar-refractivity contribution >= 4 is 0 Å². The fraction of sp³-hybridized carbons (Fsp3) is 0.0870. The van der Waals surface area contributed by atoms with Crippen molar-refractivity contribution in [2.45, 2.75) is 25.7 Å². The van der Waals surface area contributed by atoms with Crippen LogP contribution in [-0.2, 0) is 25.7 Å². The van der Waals surface area contributed by atoms with Gasteiger partial charge in [-0.1, -0.05) is 95.9 Å². The van der Waals surface area contributed by atoms with Crippen LogP contribution in [-0.4, -0.2) is 0 Å². The predicted molar refractivity (Wildman–Crippen MR) is 193 cm³/mol. The van der Waals surface area contributed by atoms with E-state index < -0.39 is 0 Å². The van der Waals surface area contributed by atoms with Gasteiger partial charge >= 0.3 is 0 Å². The first-order valence-electron chi connectivity index (χ1n) is 15.7. The summed E-state index contributed by atoms with van der Waals surface area (Å²) in [4.78, 5) is 0. The van der Waals surface area contributed by atoms with Crippen molar-refractivity contribution in [3.63, 3.8) is 0 Å². The van der Waals surface area contributed by atoms with E-state index in [2.05, 4.69) is 71.6 Å². The SMILES string of the molecule is N#CCc1ccc(C#Cc2cc(C#Cc3ccc(CC#N)cc3)c(C#Cc3ccc(CC#N)cc3)cc2C#Cc2ccc(CC#N)cc2)cc1. The highest BCUT2D eigenvalue weighted by atomic mass is 14.2. The van der Waals surface area contributed by atoms with Crippen molar-refractivity contribution in [3.8, 4) is 71.6 Å². The number of hydrogen-bond acceptors (Lipinski definition) is 4. The lowest BCUT2D eigenvalue weighted by molar-refractivity contribution is 1.26. The van der Waals surface area contributed by atoms with Crippen LogP contribution in [0, 0.1) is 92.7 Å². The van der Waals surface area contributed by atoms with Crippen LogP contribution in [0.3, 0.4) is 0 Å². The molecule has 0 radical (unpaired) electrons. The van der Waals surface area contributed by atoms with E-state index in [4.69, 9.17) is 21.0 Å². The molecule has 0 unspecified atom stereocenters. The summed E-state index contributed by atoms with van der Waals surface area (Å²) in [7, 11) is 0. The number of hydrogen-bond donors (Lipinski definition) is 0. The molecule has 4 nitrogen and oxygen atoms in total. The minimum Gasteiger partial charge on any atom is -0.198 e. The number of rotatable bonds is 4. The molecule has 0 heterocycles. The lowest BCUT2D eigenvalue weighted by atomic mass is 9.97. The molecule has 0 N–H and O–H groups in total. The highest BCUT2D eigenvalue weighted by molar-refractivity contribution is 5.64. The van der Waals surface area contributed by atoms with Gasteiger partial charge in [0, 0.05) is 44.5 Å².